The van der Waals surface area contributed by atoms with Gasteiger partial charge in [0.05, 0.1) is 0 Å². The Morgan fingerprint density at radius 2 is 1.70 bits per heavy atom. The molecule has 1 saturated heterocycles. The molecule has 40 heavy (non-hydrogen) atoms. The van der Waals surface area contributed by atoms with Crippen LogP contribution in [0, 0.1) is 11.7 Å². The van der Waals surface area contributed by atoms with Crippen molar-refractivity contribution < 1.29 is 13.9 Å². The topological polar surface area (TPSA) is 41.6 Å². The summed E-state index contributed by atoms with van der Waals surface area (Å²) in [7, 11) is 0. The minimum absolute atomic E-state index is 0.0221. The Hall–Kier alpha value is -3.18. The van der Waals surface area contributed by atoms with Crippen molar-refractivity contribution >= 4 is 11.6 Å². The minimum Gasteiger partial charge on any atom is -0.486 e. The molecular weight excluding hydrogens is 499 g/mol. The molecular formula is C35H45FN2O2. The molecule has 4 nitrogen and oxygen atoms in total. The van der Waals surface area contributed by atoms with Crippen LogP contribution in [0.15, 0.2) is 72.8 Å². The summed E-state index contributed by atoms with van der Waals surface area (Å²) in [6.07, 6.45) is 7.52. The van der Waals surface area contributed by atoms with Crippen LogP contribution in [0.2, 0.25) is 0 Å². The van der Waals surface area contributed by atoms with Crippen molar-refractivity contribution in [2.24, 2.45) is 5.92 Å². The maximum absolute atomic E-state index is 13.5. The number of amides is 1. The molecule has 1 atom stereocenters. The predicted molar refractivity (Wildman–Crippen MR) is 162 cm³/mol. The van der Waals surface area contributed by atoms with Crippen molar-refractivity contribution in [1.82, 2.24) is 4.90 Å². The van der Waals surface area contributed by atoms with Crippen molar-refractivity contribution in [3.63, 3.8) is 0 Å². The van der Waals surface area contributed by atoms with Crippen LogP contribution in [0.3, 0.4) is 0 Å². The van der Waals surface area contributed by atoms with E-state index in [9.17, 15) is 9.18 Å². The maximum Gasteiger partial charge on any atom is 0.226 e. The van der Waals surface area contributed by atoms with E-state index in [0.717, 1.165) is 75.2 Å². The largest absolute Gasteiger partial charge is 0.486 e. The second-order valence-corrected chi connectivity index (χ2v) is 11.4. The number of carbonyl (C=O) groups excluding carboxylic acids is 1. The number of nitrogens with one attached hydrogen (secondary N) is 1. The summed E-state index contributed by atoms with van der Waals surface area (Å²) in [5.41, 5.74) is 4.55. The quantitative estimate of drug-likeness (QED) is 0.219. The lowest BCUT2D eigenvalue weighted by Crippen LogP contribution is -2.33. The van der Waals surface area contributed by atoms with Crippen molar-refractivity contribution in [3.8, 4) is 5.75 Å². The number of benzene rings is 3. The first-order valence-corrected chi connectivity index (χ1v) is 15.1. The number of aryl methyl sites for hydroxylation is 1. The fourth-order valence-corrected chi connectivity index (χ4v) is 5.43. The molecule has 0 aromatic heterocycles. The maximum atomic E-state index is 13.5. The first kappa shape index (κ1) is 29.8. The number of likely N-dealkylation sites (tertiary alicyclic amines) is 1. The molecule has 0 radical (unpaired) electrons. The number of halogens is 1. The Labute approximate surface area is 239 Å². The highest BCUT2D eigenvalue weighted by atomic mass is 19.1. The van der Waals surface area contributed by atoms with E-state index < -0.39 is 0 Å². The van der Waals surface area contributed by atoms with Crippen LogP contribution in [0.4, 0.5) is 10.1 Å². The second-order valence-electron chi connectivity index (χ2n) is 11.4. The molecule has 1 aliphatic heterocycles. The molecule has 1 fully saturated rings. The molecule has 0 aliphatic carbocycles. The zero-order valence-corrected chi connectivity index (χ0v) is 24.4. The summed E-state index contributed by atoms with van der Waals surface area (Å²) in [5.74, 6) is 1.23. The van der Waals surface area contributed by atoms with E-state index >= 15 is 0 Å². The third-order valence-corrected chi connectivity index (χ3v) is 8.03. The zero-order valence-electron chi connectivity index (χ0n) is 24.4. The average molecular weight is 545 g/mol. The minimum atomic E-state index is -0.218. The van der Waals surface area contributed by atoms with Gasteiger partial charge in [0, 0.05) is 11.6 Å². The third kappa shape index (κ3) is 8.92. The number of anilines is 1. The van der Waals surface area contributed by atoms with Gasteiger partial charge in [0.1, 0.15) is 17.7 Å². The number of piperidine rings is 1. The van der Waals surface area contributed by atoms with Gasteiger partial charge in [0.15, 0.2) is 0 Å². The number of unbranched alkanes of at least 4 members (excludes halogenated alkanes) is 2. The van der Waals surface area contributed by atoms with Crippen molar-refractivity contribution in [1.29, 1.82) is 0 Å². The Bertz CT molecular complexity index is 1180. The molecule has 3 aromatic carbocycles. The predicted octanol–water partition coefficient (Wildman–Crippen LogP) is 8.54. The number of rotatable bonds is 13. The molecule has 214 valence electrons. The monoisotopic (exact) mass is 544 g/mol. The van der Waals surface area contributed by atoms with Gasteiger partial charge in [-0.1, -0.05) is 63.6 Å². The van der Waals surface area contributed by atoms with Crippen LogP contribution in [0.1, 0.15) is 88.0 Å². The lowest BCUT2D eigenvalue weighted by molar-refractivity contribution is -0.118. The highest BCUT2D eigenvalue weighted by Crippen LogP contribution is 2.31. The fraction of sp³-hybridized carbons (Fsp3) is 0.457. The second kappa shape index (κ2) is 15.0. The first-order chi connectivity index (χ1) is 19.4. The molecule has 3 aromatic rings. The molecule has 0 spiro atoms. The smallest absolute Gasteiger partial charge is 0.226 e. The molecule has 1 heterocycles. The van der Waals surface area contributed by atoms with E-state index in [0.29, 0.717) is 5.92 Å². The Morgan fingerprint density at radius 3 is 2.38 bits per heavy atom. The summed E-state index contributed by atoms with van der Waals surface area (Å²) < 4.78 is 19.9. The number of carbonyl (C=O) groups is 1. The van der Waals surface area contributed by atoms with Gasteiger partial charge in [-0.15, -0.1) is 0 Å². The van der Waals surface area contributed by atoms with Crippen LogP contribution < -0.4 is 10.1 Å². The summed E-state index contributed by atoms with van der Waals surface area (Å²) in [6, 6.07) is 23.4. The van der Waals surface area contributed by atoms with Gasteiger partial charge in [-0.25, -0.2) is 4.39 Å². The van der Waals surface area contributed by atoms with Crippen molar-refractivity contribution in [2.75, 3.05) is 25.0 Å². The van der Waals surface area contributed by atoms with Crippen molar-refractivity contribution in [3.05, 3.63) is 95.3 Å². The number of hydrogen-bond donors (Lipinski definition) is 1. The Morgan fingerprint density at radius 1 is 0.975 bits per heavy atom. The van der Waals surface area contributed by atoms with Gasteiger partial charge in [-0.3, -0.25) is 4.79 Å². The van der Waals surface area contributed by atoms with Crippen LogP contribution >= 0.6 is 0 Å². The average Bonchev–Trinajstić information content (AvgIpc) is 2.97. The summed E-state index contributed by atoms with van der Waals surface area (Å²) in [5, 5.41) is 3.03. The van der Waals surface area contributed by atoms with E-state index in [-0.39, 0.29) is 23.7 Å². The normalized spacial score (nSPS) is 15.2. The van der Waals surface area contributed by atoms with Gasteiger partial charge in [-0.2, -0.15) is 0 Å². The lowest BCUT2D eigenvalue weighted by Gasteiger charge is -2.32. The number of ether oxygens (including phenoxy) is 1. The molecule has 0 bridgehead atoms. The zero-order chi connectivity index (χ0) is 28.3. The van der Waals surface area contributed by atoms with Gasteiger partial charge >= 0.3 is 0 Å². The van der Waals surface area contributed by atoms with Gasteiger partial charge in [0.2, 0.25) is 5.91 Å². The fourth-order valence-electron chi connectivity index (χ4n) is 5.43. The van der Waals surface area contributed by atoms with Crippen LogP contribution in [0.5, 0.6) is 5.75 Å². The van der Waals surface area contributed by atoms with E-state index in [4.69, 9.17) is 4.74 Å². The van der Waals surface area contributed by atoms with Gasteiger partial charge < -0.3 is 15.0 Å². The molecule has 5 heteroatoms. The van der Waals surface area contributed by atoms with E-state index in [1.807, 2.05) is 44.2 Å². The summed E-state index contributed by atoms with van der Waals surface area (Å²) >= 11 is 0. The SMILES string of the molecule is CCc1ccc(OC(CCCCCN2CCC(c3cccc(NC(=O)C(C)C)c3)CC2)c2ccc(F)cc2)cc1. The molecule has 1 amide bonds. The standard InChI is InChI=1S/C35H45FN2O2/c1-4-27-12-18-33(19-13-27)40-34(29-14-16-31(36)17-15-29)11-6-5-7-22-38-23-20-28(21-24-38)30-9-8-10-32(25-30)37-35(39)26(2)3/h8-10,12-19,25-26,28,34H,4-7,11,20-24H2,1-3H3,(H,37,39). The molecule has 1 aliphatic rings. The number of nitrogens with zero attached hydrogens (tertiary/aromatic N) is 1. The van der Waals surface area contributed by atoms with Gasteiger partial charge in [-0.05, 0) is 117 Å². The lowest BCUT2D eigenvalue weighted by atomic mass is 9.89. The molecule has 1 N–H and O–H groups in total. The Balaban J connectivity index is 1.21. The van der Waals surface area contributed by atoms with E-state index in [2.05, 4.69) is 47.5 Å². The summed E-state index contributed by atoms with van der Waals surface area (Å²) in [6.45, 7) is 9.33. The molecule has 1 unspecified atom stereocenters. The van der Waals surface area contributed by atoms with E-state index in [1.54, 1.807) is 0 Å². The molecule has 4 rings (SSSR count). The van der Waals surface area contributed by atoms with Crippen molar-refractivity contribution in [2.45, 2.75) is 77.7 Å². The summed E-state index contributed by atoms with van der Waals surface area (Å²) in [4.78, 5) is 14.7. The third-order valence-electron chi connectivity index (χ3n) is 8.03. The van der Waals surface area contributed by atoms with Crippen LogP contribution in [-0.2, 0) is 11.2 Å². The highest BCUT2D eigenvalue weighted by Gasteiger charge is 2.21. The van der Waals surface area contributed by atoms with Crippen LogP contribution in [0.25, 0.3) is 0 Å². The van der Waals surface area contributed by atoms with Crippen LogP contribution in [-0.4, -0.2) is 30.4 Å². The highest BCUT2D eigenvalue weighted by molar-refractivity contribution is 5.92. The van der Waals surface area contributed by atoms with Gasteiger partial charge in [0.25, 0.3) is 0 Å². The molecule has 0 saturated carbocycles. The first-order valence-electron chi connectivity index (χ1n) is 15.1. The number of hydrogen-bond acceptors (Lipinski definition) is 3. The Kier molecular flexibility index (Phi) is 11.2. The van der Waals surface area contributed by atoms with E-state index in [1.165, 1.54) is 29.7 Å².